The normalized spacial score (nSPS) is 18.8. The Hall–Kier alpha value is -3.33. The van der Waals surface area contributed by atoms with Crippen molar-refractivity contribution in [2.45, 2.75) is 28.4 Å². The zero-order valence-corrected chi connectivity index (χ0v) is 21.7. The average Bonchev–Trinajstić information content (AvgIpc) is 3.20. The van der Waals surface area contributed by atoms with Crippen LogP contribution in [0.5, 0.6) is 0 Å². The van der Waals surface area contributed by atoms with Gasteiger partial charge in [0.25, 0.3) is 5.91 Å². The number of hydrogen-bond donors (Lipinski definition) is 1. The zero-order valence-electron chi connectivity index (χ0n) is 21.7. The maximum absolute atomic E-state index is 13.2. The molecule has 0 spiro atoms. The van der Waals surface area contributed by atoms with E-state index in [4.69, 9.17) is 67.5 Å². The van der Waals surface area contributed by atoms with E-state index in [-0.39, 0.29) is 17.3 Å². The van der Waals surface area contributed by atoms with Crippen molar-refractivity contribution in [3.05, 3.63) is 60.3 Å². The van der Waals surface area contributed by atoms with E-state index in [1.807, 2.05) is 36.7 Å². The van der Waals surface area contributed by atoms with Gasteiger partial charge in [0.05, 0.1) is 48.8 Å². The molecule has 1 amide bonds. The van der Waals surface area contributed by atoms with E-state index in [9.17, 15) is 4.79 Å². The predicted octanol–water partition coefficient (Wildman–Crippen LogP) is -1.21. The number of anilines is 2. The summed E-state index contributed by atoms with van der Waals surface area (Å²) in [7, 11) is 50.5. The third kappa shape index (κ3) is 4.48. The number of hydrogen-bond acceptors (Lipinski definition) is 7. The molecule has 0 saturated carbocycles. The second kappa shape index (κ2) is 9.36. The maximum Gasteiger partial charge on any atom is 0.258 e. The maximum atomic E-state index is 13.2. The van der Waals surface area contributed by atoms with Crippen LogP contribution >= 0.6 is 0 Å². The van der Waals surface area contributed by atoms with Crippen molar-refractivity contribution in [2.75, 3.05) is 10.2 Å². The van der Waals surface area contributed by atoms with Gasteiger partial charge in [-0.3, -0.25) is 10.1 Å². The van der Waals surface area contributed by atoms with Crippen molar-refractivity contribution >= 4 is 91.3 Å². The molecule has 4 heterocycles. The summed E-state index contributed by atoms with van der Waals surface area (Å²) in [5.41, 5.74) is 2.52. The van der Waals surface area contributed by atoms with Gasteiger partial charge in [-0.15, -0.1) is 0 Å². The Morgan fingerprint density at radius 3 is 2.20 bits per heavy atom. The predicted molar refractivity (Wildman–Crippen MR) is 159 cm³/mol. The van der Waals surface area contributed by atoms with Gasteiger partial charge in [-0.2, -0.15) is 0 Å². The number of imidazole rings is 1. The fraction of sp³-hybridized carbons (Fsp3) is 0.261. The SMILES string of the molecule is [B]C1([B])OC([B])([B])C([B])([B])N(c2cc(C(=O)Nc3ncc4ccc(-c5cnc(C)n5C)cc4n3)ccn2)C1([B])[B]. The van der Waals surface area contributed by atoms with Crippen molar-refractivity contribution < 1.29 is 9.53 Å². The lowest BCUT2D eigenvalue weighted by Gasteiger charge is -2.70. The number of benzene rings is 1. The number of morpholine rings is 1. The summed E-state index contributed by atoms with van der Waals surface area (Å²) in [5, 5.41) is -5.76. The van der Waals surface area contributed by atoms with Crippen molar-refractivity contribution in [1.82, 2.24) is 24.5 Å². The molecule has 0 unspecified atom stereocenters. The summed E-state index contributed by atoms with van der Waals surface area (Å²) in [6, 6.07) is 8.43. The van der Waals surface area contributed by atoms with Crippen LogP contribution in [0, 0.1) is 6.92 Å². The molecule has 17 heteroatoms. The Balaban J connectivity index is 1.46. The molecular formula is C23H15B8N7O2. The van der Waals surface area contributed by atoms with Crippen molar-refractivity contribution in [1.29, 1.82) is 0 Å². The van der Waals surface area contributed by atoms with E-state index >= 15 is 0 Å². The Labute approximate surface area is 242 Å². The Kier molecular flexibility index (Phi) is 6.60. The molecule has 1 aliphatic rings. The number of ether oxygens (including phenoxy) is 1. The molecule has 1 N–H and O–H groups in total. The summed E-state index contributed by atoms with van der Waals surface area (Å²) in [6.45, 7) is 1.91. The molecule has 0 atom stereocenters. The number of pyridine rings is 1. The van der Waals surface area contributed by atoms with E-state index in [1.165, 1.54) is 18.3 Å². The fourth-order valence-corrected chi connectivity index (χ4v) is 4.35. The average molecular weight is 508 g/mol. The quantitative estimate of drug-likeness (QED) is 0.346. The molecule has 16 radical (unpaired) electrons. The first-order valence-corrected chi connectivity index (χ1v) is 11.9. The van der Waals surface area contributed by atoms with Gasteiger partial charge in [0.2, 0.25) is 5.95 Å². The van der Waals surface area contributed by atoms with Gasteiger partial charge in [0.15, 0.2) is 0 Å². The minimum Gasteiger partial charge on any atom is -0.405 e. The molecule has 1 aliphatic heterocycles. The summed E-state index contributed by atoms with van der Waals surface area (Å²) < 4.78 is 7.19. The molecule has 1 fully saturated rings. The number of nitrogens with one attached hydrogen (secondary N) is 1. The van der Waals surface area contributed by atoms with Crippen molar-refractivity contribution in [3.63, 3.8) is 0 Å². The summed E-state index contributed by atoms with van der Waals surface area (Å²) in [6.07, 6.45) is 4.67. The molecular weight excluding hydrogens is 493 g/mol. The molecule has 3 aromatic heterocycles. The Bertz CT molecular complexity index is 1620. The molecule has 9 nitrogen and oxygen atoms in total. The van der Waals surface area contributed by atoms with Gasteiger partial charge in [0, 0.05) is 36.0 Å². The number of amides is 1. The van der Waals surface area contributed by atoms with Crippen LogP contribution in [0.25, 0.3) is 22.2 Å². The van der Waals surface area contributed by atoms with Gasteiger partial charge in [-0.1, -0.05) is 12.1 Å². The minimum atomic E-state index is -2.33. The zero-order chi connectivity index (χ0) is 29.3. The molecule has 1 saturated heterocycles. The highest BCUT2D eigenvalue weighted by molar-refractivity contribution is 6.61. The van der Waals surface area contributed by atoms with Crippen LogP contribution in [-0.4, -0.2) is 115 Å². The number of nitrogens with zero attached hydrogens (tertiary/aromatic N) is 6. The lowest BCUT2D eigenvalue weighted by atomic mass is 9.30. The summed E-state index contributed by atoms with van der Waals surface area (Å²) in [5.74, 6) is 0.231. The van der Waals surface area contributed by atoms with Gasteiger partial charge < -0.3 is 14.2 Å². The molecule has 4 aromatic rings. The van der Waals surface area contributed by atoms with Gasteiger partial charge in [0.1, 0.15) is 43.0 Å². The number of fused-ring (bicyclic) bond motifs is 1. The number of carbonyl (C=O) groups excluding carboxylic acids is 1. The van der Waals surface area contributed by atoms with Crippen LogP contribution in [0.1, 0.15) is 16.2 Å². The highest BCUT2D eigenvalue weighted by Gasteiger charge is 2.57. The molecule has 178 valence electrons. The van der Waals surface area contributed by atoms with Crippen LogP contribution in [0.15, 0.2) is 48.9 Å². The Morgan fingerprint density at radius 1 is 0.900 bits per heavy atom. The third-order valence-corrected chi connectivity index (χ3v) is 6.89. The van der Waals surface area contributed by atoms with Crippen molar-refractivity contribution in [3.8, 4) is 11.3 Å². The number of carbonyl (C=O) groups is 1. The van der Waals surface area contributed by atoms with Gasteiger partial charge in [-0.25, -0.2) is 19.9 Å². The van der Waals surface area contributed by atoms with Gasteiger partial charge >= 0.3 is 0 Å². The molecule has 5 rings (SSSR count). The summed E-state index contributed by atoms with van der Waals surface area (Å²) >= 11 is 0. The smallest absolute Gasteiger partial charge is 0.258 e. The first kappa shape index (κ1) is 28.2. The fourth-order valence-electron chi connectivity index (χ4n) is 4.35. The number of rotatable bonds is 4. The largest absolute Gasteiger partial charge is 0.405 e. The first-order chi connectivity index (χ1) is 18.5. The molecule has 1 aromatic carbocycles. The van der Waals surface area contributed by atoms with E-state index in [0.717, 1.165) is 27.4 Å². The lowest BCUT2D eigenvalue weighted by Crippen LogP contribution is -2.86. The second-order valence-corrected chi connectivity index (χ2v) is 9.75. The van der Waals surface area contributed by atoms with Crippen LogP contribution in [0.3, 0.4) is 0 Å². The number of aromatic nitrogens is 5. The standard InChI is InChI=1S/C23H15B8N7O2/c1-11-33-10-16(37(11)2)12-3-4-14-9-34-19(35-15(14)7-12)36-18(39)13-5-6-32-17(8-13)38-20(24,25)22(28,29)40-23(30,31)21(38,26)27/h3-10H,1-2H3,(H,34,35,36,39). The van der Waals surface area contributed by atoms with Crippen LogP contribution in [0.2, 0.25) is 0 Å². The topological polar surface area (TPSA) is 98.1 Å². The molecule has 0 aliphatic carbocycles. The second-order valence-electron chi connectivity index (χ2n) is 9.75. The van der Waals surface area contributed by atoms with Crippen molar-refractivity contribution in [2.24, 2.45) is 7.05 Å². The van der Waals surface area contributed by atoms with Crippen LogP contribution < -0.4 is 10.2 Å². The number of aryl methyl sites for hydroxylation is 1. The molecule has 0 bridgehead atoms. The third-order valence-electron chi connectivity index (χ3n) is 6.89. The highest BCUT2D eigenvalue weighted by atomic mass is 16.5. The van der Waals surface area contributed by atoms with Gasteiger partial charge in [-0.05, 0) is 46.6 Å². The van der Waals surface area contributed by atoms with Crippen LogP contribution in [-0.2, 0) is 11.8 Å². The first-order valence-electron chi connectivity index (χ1n) is 11.9. The van der Waals surface area contributed by atoms with E-state index < -0.39 is 27.4 Å². The van der Waals surface area contributed by atoms with E-state index in [2.05, 4.69) is 25.3 Å². The highest BCUT2D eigenvalue weighted by Crippen LogP contribution is 2.42. The summed E-state index contributed by atoms with van der Waals surface area (Å²) in [4.78, 5) is 31.3. The van der Waals surface area contributed by atoms with E-state index in [1.54, 1.807) is 12.4 Å². The van der Waals surface area contributed by atoms with E-state index in [0.29, 0.717) is 5.52 Å². The van der Waals surface area contributed by atoms with Crippen LogP contribution in [0.4, 0.5) is 11.8 Å². The lowest BCUT2D eigenvalue weighted by molar-refractivity contribution is -0.0256. The molecule has 40 heavy (non-hydrogen) atoms. The Morgan fingerprint density at radius 2 is 1.57 bits per heavy atom. The minimum absolute atomic E-state index is 0.0606. The monoisotopic (exact) mass is 509 g/mol.